The Morgan fingerprint density at radius 2 is 2.00 bits per heavy atom. The summed E-state index contributed by atoms with van der Waals surface area (Å²) in [7, 11) is 0. The Balaban J connectivity index is 2.59. The minimum atomic E-state index is -4.47. The third kappa shape index (κ3) is 4.06. The number of rotatable bonds is 4. The Morgan fingerprint density at radius 1 is 1.29 bits per heavy atom. The molecular formula is C18H22F3N3. The van der Waals surface area contributed by atoms with E-state index >= 15 is 0 Å². The number of hydrogen-bond acceptors (Lipinski definition) is 3. The van der Waals surface area contributed by atoms with Crippen molar-refractivity contribution in [1.29, 1.82) is 0 Å². The minimum absolute atomic E-state index is 0.0416. The lowest BCUT2D eigenvalue weighted by molar-refractivity contribution is -0.137. The molecule has 0 bridgehead atoms. The number of nitrogens with two attached hydrogens (primary N) is 2. The van der Waals surface area contributed by atoms with E-state index in [0.29, 0.717) is 11.3 Å². The van der Waals surface area contributed by atoms with Crippen LogP contribution in [0.2, 0.25) is 0 Å². The molecule has 0 aromatic heterocycles. The van der Waals surface area contributed by atoms with E-state index in [0.717, 1.165) is 49.1 Å². The highest BCUT2D eigenvalue weighted by atomic mass is 19.4. The third-order valence-corrected chi connectivity index (χ3v) is 4.12. The molecule has 0 heterocycles. The predicted octanol–water partition coefficient (Wildman–Crippen LogP) is 4.69. The van der Waals surface area contributed by atoms with Crippen LogP contribution < -0.4 is 11.5 Å². The van der Waals surface area contributed by atoms with Crippen molar-refractivity contribution in [2.24, 2.45) is 16.5 Å². The fraction of sp³-hybridized carbons (Fsp3) is 0.389. The van der Waals surface area contributed by atoms with Crippen LogP contribution in [0.3, 0.4) is 0 Å². The first-order valence-electron chi connectivity index (χ1n) is 7.87. The van der Waals surface area contributed by atoms with E-state index in [-0.39, 0.29) is 17.8 Å². The van der Waals surface area contributed by atoms with Crippen molar-refractivity contribution in [3.63, 3.8) is 0 Å². The SMILES string of the molecule is C=C(N)c1cc(C(F)(F)F)cc(CN)c1N=C(C)C1=CCCCC1. The van der Waals surface area contributed by atoms with Gasteiger partial charge in [0.05, 0.1) is 11.3 Å². The Hall–Kier alpha value is -2.08. The quantitative estimate of drug-likeness (QED) is 0.783. The molecule has 1 aliphatic rings. The van der Waals surface area contributed by atoms with E-state index in [9.17, 15) is 13.2 Å². The Kier molecular flexibility index (Phi) is 5.49. The molecule has 0 fully saturated rings. The van der Waals surface area contributed by atoms with Crippen molar-refractivity contribution in [1.82, 2.24) is 0 Å². The van der Waals surface area contributed by atoms with Crippen LogP contribution in [-0.4, -0.2) is 5.71 Å². The smallest absolute Gasteiger partial charge is 0.399 e. The van der Waals surface area contributed by atoms with Gasteiger partial charge in [-0.25, -0.2) is 0 Å². The Bertz CT molecular complexity index is 700. The van der Waals surface area contributed by atoms with Gasteiger partial charge in [0.25, 0.3) is 0 Å². The van der Waals surface area contributed by atoms with Gasteiger partial charge in [-0.1, -0.05) is 12.7 Å². The van der Waals surface area contributed by atoms with Gasteiger partial charge in [-0.15, -0.1) is 0 Å². The second-order valence-corrected chi connectivity index (χ2v) is 5.93. The lowest BCUT2D eigenvalue weighted by atomic mass is 9.96. The maximum absolute atomic E-state index is 13.1. The maximum Gasteiger partial charge on any atom is 0.416 e. The number of aliphatic imine (C=N–C) groups is 1. The van der Waals surface area contributed by atoms with Crippen molar-refractivity contribution >= 4 is 17.1 Å². The van der Waals surface area contributed by atoms with Crippen LogP contribution in [0.25, 0.3) is 5.70 Å². The first-order chi connectivity index (χ1) is 11.2. The summed E-state index contributed by atoms with van der Waals surface area (Å²) in [5.74, 6) is 0. The molecule has 6 heteroatoms. The van der Waals surface area contributed by atoms with Gasteiger partial charge >= 0.3 is 6.18 Å². The molecule has 130 valence electrons. The van der Waals surface area contributed by atoms with Crippen LogP contribution in [0.5, 0.6) is 0 Å². The number of benzene rings is 1. The molecule has 2 rings (SSSR count). The van der Waals surface area contributed by atoms with E-state index < -0.39 is 11.7 Å². The van der Waals surface area contributed by atoms with E-state index in [4.69, 9.17) is 11.5 Å². The van der Waals surface area contributed by atoms with Crippen LogP contribution in [0.1, 0.15) is 49.3 Å². The topological polar surface area (TPSA) is 64.4 Å². The second kappa shape index (κ2) is 7.21. The minimum Gasteiger partial charge on any atom is -0.399 e. The first kappa shape index (κ1) is 18.3. The van der Waals surface area contributed by atoms with Gasteiger partial charge in [0.15, 0.2) is 0 Å². The fourth-order valence-electron chi connectivity index (χ4n) is 2.80. The van der Waals surface area contributed by atoms with E-state index in [1.165, 1.54) is 0 Å². The molecule has 1 aromatic carbocycles. The van der Waals surface area contributed by atoms with Crippen molar-refractivity contribution in [2.45, 2.75) is 45.3 Å². The molecule has 0 unspecified atom stereocenters. The fourth-order valence-corrected chi connectivity index (χ4v) is 2.80. The van der Waals surface area contributed by atoms with E-state index in [2.05, 4.69) is 17.6 Å². The predicted molar refractivity (Wildman–Crippen MR) is 91.9 cm³/mol. The summed E-state index contributed by atoms with van der Waals surface area (Å²) < 4.78 is 39.2. The van der Waals surface area contributed by atoms with Gasteiger partial charge in [-0.05, 0) is 55.9 Å². The second-order valence-electron chi connectivity index (χ2n) is 5.93. The Labute approximate surface area is 139 Å². The summed E-state index contributed by atoms with van der Waals surface area (Å²) in [6.45, 7) is 5.39. The average molecular weight is 337 g/mol. The van der Waals surface area contributed by atoms with Gasteiger partial charge < -0.3 is 11.5 Å². The summed E-state index contributed by atoms with van der Waals surface area (Å²) in [6, 6.07) is 2.02. The first-order valence-corrected chi connectivity index (χ1v) is 7.87. The number of allylic oxidation sites excluding steroid dienone is 2. The monoisotopic (exact) mass is 337 g/mol. The lowest BCUT2D eigenvalue weighted by Gasteiger charge is -2.17. The van der Waals surface area contributed by atoms with Gasteiger partial charge in [-0.3, -0.25) is 4.99 Å². The molecule has 0 amide bonds. The molecule has 1 aliphatic carbocycles. The van der Waals surface area contributed by atoms with Crippen LogP contribution in [0.4, 0.5) is 18.9 Å². The third-order valence-electron chi connectivity index (χ3n) is 4.12. The van der Waals surface area contributed by atoms with Crippen LogP contribution >= 0.6 is 0 Å². The molecule has 0 saturated heterocycles. The van der Waals surface area contributed by atoms with Crippen LogP contribution in [0, 0.1) is 0 Å². The highest BCUT2D eigenvalue weighted by molar-refractivity contribution is 6.00. The summed E-state index contributed by atoms with van der Waals surface area (Å²) in [5.41, 5.74) is 13.4. The molecule has 1 aromatic rings. The van der Waals surface area contributed by atoms with Crippen LogP contribution in [0.15, 0.2) is 35.4 Å². The molecule has 0 radical (unpaired) electrons. The van der Waals surface area contributed by atoms with Crippen molar-refractivity contribution in [2.75, 3.05) is 0 Å². The number of halogens is 3. The summed E-state index contributed by atoms with van der Waals surface area (Å²) >= 11 is 0. The van der Waals surface area contributed by atoms with E-state index in [1.807, 2.05) is 6.92 Å². The molecule has 0 atom stereocenters. The van der Waals surface area contributed by atoms with Gasteiger partial charge in [-0.2, -0.15) is 13.2 Å². The average Bonchev–Trinajstić information content (AvgIpc) is 2.54. The van der Waals surface area contributed by atoms with Gasteiger partial charge in [0.1, 0.15) is 0 Å². The number of hydrogen-bond donors (Lipinski definition) is 2. The normalized spacial score (nSPS) is 16.0. The zero-order valence-electron chi connectivity index (χ0n) is 13.7. The highest BCUT2D eigenvalue weighted by Gasteiger charge is 2.32. The zero-order valence-corrected chi connectivity index (χ0v) is 13.7. The summed E-state index contributed by atoms with van der Waals surface area (Å²) in [6.07, 6.45) is 1.81. The highest BCUT2D eigenvalue weighted by Crippen LogP contribution is 2.37. The standard InChI is InChI=1S/C18H22F3N3/c1-11(23)16-9-15(18(19,20)21)8-14(10-22)17(16)24-12(2)13-6-4-3-5-7-13/h6,8-9H,1,3-5,7,10,22-23H2,2H3. The summed E-state index contributed by atoms with van der Waals surface area (Å²) in [5, 5.41) is 0. The van der Waals surface area contributed by atoms with Crippen molar-refractivity contribution < 1.29 is 13.2 Å². The molecule has 3 nitrogen and oxygen atoms in total. The molecule has 24 heavy (non-hydrogen) atoms. The molecule has 0 aliphatic heterocycles. The Morgan fingerprint density at radius 3 is 2.50 bits per heavy atom. The number of alkyl halides is 3. The molecular weight excluding hydrogens is 315 g/mol. The molecule has 0 spiro atoms. The maximum atomic E-state index is 13.1. The van der Waals surface area contributed by atoms with Gasteiger partial charge in [0, 0.05) is 23.5 Å². The van der Waals surface area contributed by atoms with Crippen molar-refractivity contribution in [3.8, 4) is 0 Å². The molecule has 4 N–H and O–H groups in total. The zero-order chi connectivity index (χ0) is 17.9. The number of nitrogens with zero attached hydrogens (tertiary/aromatic N) is 1. The van der Waals surface area contributed by atoms with E-state index in [1.54, 1.807) is 0 Å². The summed E-state index contributed by atoms with van der Waals surface area (Å²) in [4.78, 5) is 4.56. The molecule has 0 saturated carbocycles. The van der Waals surface area contributed by atoms with Crippen LogP contribution in [-0.2, 0) is 12.7 Å². The lowest BCUT2D eigenvalue weighted by Crippen LogP contribution is -2.11. The van der Waals surface area contributed by atoms with Crippen molar-refractivity contribution in [3.05, 3.63) is 47.1 Å². The van der Waals surface area contributed by atoms with Gasteiger partial charge in [0.2, 0.25) is 0 Å². The largest absolute Gasteiger partial charge is 0.416 e.